The number of phenolic OH excluding ortho intramolecular Hbond substituents is 1. The summed E-state index contributed by atoms with van der Waals surface area (Å²) in [5.41, 5.74) is 2.64. The molecule has 3 aromatic carbocycles. The third kappa shape index (κ3) is 4.11. The number of ether oxygens (including phenoxy) is 1. The van der Waals surface area contributed by atoms with Crippen molar-refractivity contribution in [1.29, 1.82) is 0 Å². The lowest BCUT2D eigenvalue weighted by molar-refractivity contribution is 0.0338. The Morgan fingerprint density at radius 3 is 2.47 bits per heavy atom. The quantitative estimate of drug-likeness (QED) is 0.629. The number of morpholine rings is 1. The summed E-state index contributed by atoms with van der Waals surface area (Å²) in [5, 5.41) is 13.0. The molecule has 0 aromatic heterocycles. The van der Waals surface area contributed by atoms with E-state index in [1.54, 1.807) is 0 Å². The number of benzene rings is 3. The molecule has 0 atom stereocenters. The van der Waals surface area contributed by atoms with E-state index in [0.717, 1.165) is 35.0 Å². The molecule has 1 fully saturated rings. The molecule has 1 saturated heterocycles. The van der Waals surface area contributed by atoms with Gasteiger partial charge in [-0.25, -0.2) is 0 Å². The van der Waals surface area contributed by atoms with Crippen LogP contribution in [0.4, 0.5) is 0 Å². The van der Waals surface area contributed by atoms with Crippen molar-refractivity contribution >= 4 is 16.6 Å². The fourth-order valence-electron chi connectivity index (χ4n) is 4.10. The molecule has 0 amide bonds. The number of aromatic hydroxyl groups is 1. The molecule has 0 saturated carbocycles. The van der Waals surface area contributed by atoms with Crippen molar-refractivity contribution in [3.8, 4) is 5.75 Å². The van der Waals surface area contributed by atoms with Crippen molar-refractivity contribution in [3.63, 3.8) is 0 Å². The molecule has 1 heterocycles. The van der Waals surface area contributed by atoms with Gasteiger partial charge in [0, 0.05) is 41.9 Å². The molecule has 0 radical (unpaired) electrons. The first-order chi connectivity index (χ1) is 14.3. The van der Waals surface area contributed by atoms with Gasteiger partial charge in [-0.05, 0) is 28.3 Å². The third-order valence-electron chi connectivity index (χ3n) is 5.79. The maximum atomic E-state index is 13.6. The van der Waals surface area contributed by atoms with Gasteiger partial charge in [0.05, 0.1) is 13.2 Å². The van der Waals surface area contributed by atoms with Gasteiger partial charge in [0.1, 0.15) is 5.75 Å². The van der Waals surface area contributed by atoms with Crippen molar-refractivity contribution in [3.05, 3.63) is 76.9 Å². The molecule has 4 heteroatoms. The summed E-state index contributed by atoms with van der Waals surface area (Å²) in [6.07, 6.45) is 0. The van der Waals surface area contributed by atoms with Gasteiger partial charge < -0.3 is 9.84 Å². The minimum atomic E-state index is -0.279. The van der Waals surface area contributed by atoms with E-state index in [4.69, 9.17) is 4.74 Å². The molecular weight excluding hydrogens is 374 g/mol. The van der Waals surface area contributed by atoms with Crippen molar-refractivity contribution in [2.24, 2.45) is 0 Å². The Morgan fingerprint density at radius 1 is 1.03 bits per heavy atom. The van der Waals surface area contributed by atoms with Crippen LogP contribution in [0.25, 0.3) is 10.8 Å². The summed E-state index contributed by atoms with van der Waals surface area (Å²) in [5.74, 6) is 0.281. The molecular formula is C26H29NO3. The van der Waals surface area contributed by atoms with Gasteiger partial charge in [-0.3, -0.25) is 9.69 Å². The second kappa shape index (κ2) is 8.21. The van der Waals surface area contributed by atoms with Crippen LogP contribution in [-0.4, -0.2) is 42.1 Å². The number of nitrogens with zero attached hydrogens (tertiary/aromatic N) is 1. The van der Waals surface area contributed by atoms with E-state index in [-0.39, 0.29) is 11.2 Å². The Morgan fingerprint density at radius 2 is 1.73 bits per heavy atom. The van der Waals surface area contributed by atoms with E-state index in [1.165, 1.54) is 0 Å². The van der Waals surface area contributed by atoms with Crippen LogP contribution in [0.1, 0.15) is 47.8 Å². The first-order valence-corrected chi connectivity index (χ1v) is 10.5. The zero-order valence-electron chi connectivity index (χ0n) is 17.9. The largest absolute Gasteiger partial charge is 0.507 e. The smallest absolute Gasteiger partial charge is 0.193 e. The Hall–Kier alpha value is -2.69. The molecule has 0 bridgehead atoms. The number of rotatable bonds is 4. The zero-order valence-corrected chi connectivity index (χ0v) is 17.9. The van der Waals surface area contributed by atoms with E-state index in [0.29, 0.717) is 36.6 Å². The first-order valence-electron chi connectivity index (χ1n) is 10.5. The van der Waals surface area contributed by atoms with Crippen LogP contribution in [-0.2, 0) is 16.7 Å². The number of fused-ring (bicyclic) bond motifs is 1. The molecule has 0 spiro atoms. The average Bonchev–Trinajstić information content (AvgIpc) is 2.74. The highest BCUT2D eigenvalue weighted by molar-refractivity contribution is 6.16. The fourth-order valence-corrected chi connectivity index (χ4v) is 4.10. The van der Waals surface area contributed by atoms with Crippen molar-refractivity contribution in [2.75, 3.05) is 26.3 Å². The predicted octanol–water partition coefficient (Wildman–Crippen LogP) is 4.91. The predicted molar refractivity (Wildman–Crippen MR) is 120 cm³/mol. The van der Waals surface area contributed by atoms with Gasteiger partial charge in [0.25, 0.3) is 0 Å². The van der Waals surface area contributed by atoms with Crippen LogP contribution >= 0.6 is 0 Å². The maximum absolute atomic E-state index is 13.6. The minimum absolute atomic E-state index is 0.0134. The summed E-state index contributed by atoms with van der Waals surface area (Å²) < 4.78 is 5.45. The normalized spacial score (nSPS) is 15.4. The summed E-state index contributed by atoms with van der Waals surface area (Å²) >= 11 is 0. The number of phenols is 1. The molecule has 156 valence electrons. The van der Waals surface area contributed by atoms with Crippen LogP contribution in [0.15, 0.2) is 54.6 Å². The second-order valence-electron chi connectivity index (χ2n) is 9.03. The van der Waals surface area contributed by atoms with Crippen LogP contribution < -0.4 is 0 Å². The van der Waals surface area contributed by atoms with Gasteiger partial charge in [-0.2, -0.15) is 0 Å². The Kier molecular flexibility index (Phi) is 5.63. The Labute approximate surface area is 178 Å². The van der Waals surface area contributed by atoms with E-state index >= 15 is 0 Å². The monoisotopic (exact) mass is 403 g/mol. The molecule has 3 aromatic rings. The number of ketones is 1. The van der Waals surface area contributed by atoms with Gasteiger partial charge in [-0.1, -0.05) is 63.2 Å². The number of hydrogen-bond acceptors (Lipinski definition) is 4. The Bertz CT molecular complexity index is 1070. The highest BCUT2D eigenvalue weighted by Gasteiger charge is 2.25. The maximum Gasteiger partial charge on any atom is 0.193 e. The third-order valence-corrected chi connectivity index (χ3v) is 5.79. The number of carbonyl (C=O) groups excluding carboxylic acids is 1. The lowest BCUT2D eigenvalue weighted by Crippen LogP contribution is -2.35. The average molecular weight is 404 g/mol. The highest BCUT2D eigenvalue weighted by atomic mass is 16.5. The summed E-state index contributed by atoms with van der Waals surface area (Å²) in [6.45, 7) is 9.84. The number of hydrogen-bond donors (Lipinski definition) is 1. The first kappa shape index (κ1) is 20.6. The zero-order chi connectivity index (χ0) is 21.3. The molecule has 0 unspecified atom stereocenters. The van der Waals surface area contributed by atoms with E-state index in [9.17, 15) is 9.90 Å². The van der Waals surface area contributed by atoms with Gasteiger partial charge >= 0.3 is 0 Å². The fraction of sp³-hybridized carbons (Fsp3) is 0.346. The highest BCUT2D eigenvalue weighted by Crippen LogP contribution is 2.36. The lowest BCUT2D eigenvalue weighted by atomic mass is 9.82. The minimum Gasteiger partial charge on any atom is -0.507 e. The van der Waals surface area contributed by atoms with Crippen molar-refractivity contribution < 1.29 is 14.6 Å². The second-order valence-corrected chi connectivity index (χ2v) is 9.03. The SMILES string of the molecule is CC(C)(C)c1cc(C(=O)c2cccc3ccccc23)cc(CN2CCOCC2)c1O. The van der Waals surface area contributed by atoms with E-state index in [1.807, 2.05) is 54.6 Å². The summed E-state index contributed by atoms with van der Waals surface area (Å²) in [4.78, 5) is 15.8. The van der Waals surface area contributed by atoms with Crippen LogP contribution in [0, 0.1) is 0 Å². The standard InChI is InChI=1S/C26H29NO3/c1-26(2,3)23-16-19(15-20(25(23)29)17-27-11-13-30-14-12-27)24(28)22-10-6-8-18-7-4-5-9-21(18)22/h4-10,15-16,29H,11-14,17H2,1-3H3. The molecule has 1 N–H and O–H groups in total. The molecule has 1 aliphatic heterocycles. The van der Waals surface area contributed by atoms with E-state index < -0.39 is 0 Å². The van der Waals surface area contributed by atoms with Crippen LogP contribution in [0.5, 0.6) is 5.75 Å². The topological polar surface area (TPSA) is 49.8 Å². The lowest BCUT2D eigenvalue weighted by Gasteiger charge is -2.29. The van der Waals surface area contributed by atoms with Crippen LogP contribution in [0.3, 0.4) is 0 Å². The van der Waals surface area contributed by atoms with Crippen molar-refractivity contribution in [2.45, 2.75) is 32.7 Å². The molecule has 1 aliphatic rings. The Balaban J connectivity index is 1.80. The molecule has 30 heavy (non-hydrogen) atoms. The molecule has 4 rings (SSSR count). The summed E-state index contributed by atoms with van der Waals surface area (Å²) in [6, 6.07) is 17.5. The molecule has 0 aliphatic carbocycles. The van der Waals surface area contributed by atoms with Gasteiger partial charge in [0.2, 0.25) is 0 Å². The van der Waals surface area contributed by atoms with E-state index in [2.05, 4.69) is 25.7 Å². The number of carbonyl (C=O) groups is 1. The van der Waals surface area contributed by atoms with Crippen molar-refractivity contribution in [1.82, 2.24) is 4.90 Å². The molecule has 4 nitrogen and oxygen atoms in total. The van der Waals surface area contributed by atoms with Gasteiger partial charge in [0.15, 0.2) is 5.78 Å². The van der Waals surface area contributed by atoms with Crippen LogP contribution in [0.2, 0.25) is 0 Å². The summed E-state index contributed by atoms with van der Waals surface area (Å²) in [7, 11) is 0. The van der Waals surface area contributed by atoms with Gasteiger partial charge in [-0.15, -0.1) is 0 Å².